The van der Waals surface area contributed by atoms with Crippen LogP contribution in [0, 0.1) is 0 Å². The zero-order valence-electron chi connectivity index (χ0n) is 10.6. The molecule has 2 nitrogen and oxygen atoms in total. The molecule has 0 amide bonds. The Labute approximate surface area is 123 Å². The Balaban J connectivity index is 2.18. The predicted molar refractivity (Wildman–Crippen MR) is 75.4 cm³/mol. The van der Waals surface area contributed by atoms with Gasteiger partial charge in [0.05, 0.1) is 11.6 Å². The summed E-state index contributed by atoms with van der Waals surface area (Å²) >= 11 is 3.16. The van der Waals surface area contributed by atoms with Gasteiger partial charge in [-0.15, -0.1) is 0 Å². The maximum atomic E-state index is 12.6. The molecule has 6 heteroatoms. The number of aromatic nitrogens is 1. The maximum absolute atomic E-state index is 12.6. The molecule has 106 valence electrons. The second-order valence-corrected chi connectivity index (χ2v) is 5.20. The Kier molecular flexibility index (Phi) is 4.32. The Morgan fingerprint density at radius 2 is 2.00 bits per heavy atom. The fourth-order valence-electron chi connectivity index (χ4n) is 1.76. The third kappa shape index (κ3) is 3.50. The molecule has 0 bridgehead atoms. The molecule has 1 heterocycles. The molecule has 2 aromatic rings. The summed E-state index contributed by atoms with van der Waals surface area (Å²) in [5, 5.41) is 3.15. The summed E-state index contributed by atoms with van der Waals surface area (Å²) < 4.78 is 38.1. The average molecular weight is 345 g/mol. The van der Waals surface area contributed by atoms with Crippen LogP contribution in [0.3, 0.4) is 0 Å². The van der Waals surface area contributed by atoms with Crippen molar-refractivity contribution in [1.29, 1.82) is 0 Å². The zero-order valence-corrected chi connectivity index (χ0v) is 12.2. The van der Waals surface area contributed by atoms with Crippen molar-refractivity contribution in [1.82, 2.24) is 4.98 Å². The van der Waals surface area contributed by atoms with Crippen molar-refractivity contribution in [2.24, 2.45) is 0 Å². The smallest absolute Gasteiger partial charge is 0.378 e. The van der Waals surface area contributed by atoms with Crippen molar-refractivity contribution in [3.05, 3.63) is 58.3 Å². The van der Waals surface area contributed by atoms with Crippen molar-refractivity contribution in [3.63, 3.8) is 0 Å². The van der Waals surface area contributed by atoms with Crippen molar-refractivity contribution < 1.29 is 13.2 Å². The molecule has 1 atom stereocenters. The van der Waals surface area contributed by atoms with Crippen LogP contribution in [-0.4, -0.2) is 4.98 Å². The van der Waals surface area contributed by atoms with E-state index in [0.717, 1.165) is 17.7 Å². The number of hydrogen-bond acceptors (Lipinski definition) is 2. The van der Waals surface area contributed by atoms with Gasteiger partial charge in [-0.3, -0.25) is 4.98 Å². The number of pyridine rings is 1. The highest BCUT2D eigenvalue weighted by Gasteiger charge is 2.30. The van der Waals surface area contributed by atoms with Gasteiger partial charge in [0.15, 0.2) is 0 Å². The van der Waals surface area contributed by atoms with E-state index in [1.54, 1.807) is 12.4 Å². The van der Waals surface area contributed by atoms with Gasteiger partial charge < -0.3 is 5.32 Å². The lowest BCUT2D eigenvalue weighted by Gasteiger charge is -2.17. The molecule has 0 spiro atoms. The molecular formula is C14H12BrF3N2. The summed E-state index contributed by atoms with van der Waals surface area (Å²) in [7, 11) is 0. The van der Waals surface area contributed by atoms with E-state index in [0.29, 0.717) is 10.2 Å². The van der Waals surface area contributed by atoms with E-state index in [1.165, 1.54) is 6.07 Å². The molecule has 1 aromatic carbocycles. The Morgan fingerprint density at radius 3 is 2.55 bits per heavy atom. The van der Waals surface area contributed by atoms with Gasteiger partial charge in [0.25, 0.3) is 0 Å². The molecule has 2 rings (SSSR count). The summed E-state index contributed by atoms with van der Waals surface area (Å²) in [6, 6.07) is 7.20. The van der Waals surface area contributed by atoms with Crippen LogP contribution in [0.25, 0.3) is 0 Å². The molecule has 1 unspecified atom stereocenters. The van der Waals surface area contributed by atoms with Crippen molar-refractivity contribution >= 4 is 21.6 Å². The SMILES string of the molecule is CC(Nc1ccc(C(F)(F)F)cc1Br)c1cccnc1. The highest BCUT2D eigenvalue weighted by Crippen LogP contribution is 2.34. The molecular weight excluding hydrogens is 333 g/mol. The normalized spacial score (nSPS) is 13.1. The first kappa shape index (κ1) is 14.8. The van der Waals surface area contributed by atoms with Crippen molar-refractivity contribution in [2.75, 3.05) is 5.32 Å². The Morgan fingerprint density at radius 1 is 1.25 bits per heavy atom. The van der Waals surface area contributed by atoms with Crippen molar-refractivity contribution in [2.45, 2.75) is 19.1 Å². The van der Waals surface area contributed by atoms with E-state index < -0.39 is 11.7 Å². The number of rotatable bonds is 3. The number of halogens is 4. The first-order valence-corrected chi connectivity index (χ1v) is 6.70. The quantitative estimate of drug-likeness (QED) is 0.843. The van der Waals surface area contributed by atoms with Crippen molar-refractivity contribution in [3.8, 4) is 0 Å². The maximum Gasteiger partial charge on any atom is 0.416 e. The molecule has 0 saturated heterocycles. The third-order valence-corrected chi connectivity index (χ3v) is 3.51. The third-order valence-electron chi connectivity index (χ3n) is 2.85. The molecule has 0 aliphatic carbocycles. The standard InChI is InChI=1S/C14H12BrF3N2/c1-9(10-3-2-6-19-8-10)20-13-5-4-11(7-12(13)15)14(16,17)18/h2-9,20H,1H3. The number of alkyl halides is 3. The highest BCUT2D eigenvalue weighted by atomic mass is 79.9. The van der Waals surface area contributed by atoms with Gasteiger partial charge in [0.1, 0.15) is 0 Å². The van der Waals surface area contributed by atoms with E-state index in [9.17, 15) is 13.2 Å². The largest absolute Gasteiger partial charge is 0.416 e. The van der Waals surface area contributed by atoms with E-state index in [1.807, 2.05) is 19.1 Å². The summed E-state index contributed by atoms with van der Waals surface area (Å²) in [5.74, 6) is 0. The number of benzene rings is 1. The molecule has 20 heavy (non-hydrogen) atoms. The van der Waals surface area contributed by atoms with E-state index in [-0.39, 0.29) is 6.04 Å². The minimum atomic E-state index is -4.34. The van der Waals surface area contributed by atoms with Crippen LogP contribution >= 0.6 is 15.9 Å². The van der Waals surface area contributed by atoms with Crippen LogP contribution < -0.4 is 5.32 Å². The van der Waals surface area contributed by atoms with E-state index >= 15 is 0 Å². The molecule has 0 saturated carbocycles. The van der Waals surface area contributed by atoms with Crippen LogP contribution in [-0.2, 0) is 6.18 Å². The summed E-state index contributed by atoms with van der Waals surface area (Å²) in [4.78, 5) is 4.02. The summed E-state index contributed by atoms with van der Waals surface area (Å²) in [5.41, 5.74) is 0.887. The number of anilines is 1. The van der Waals surface area contributed by atoms with Crippen LogP contribution in [0.5, 0.6) is 0 Å². The summed E-state index contributed by atoms with van der Waals surface area (Å²) in [6.45, 7) is 1.92. The monoisotopic (exact) mass is 344 g/mol. The first-order valence-electron chi connectivity index (χ1n) is 5.91. The number of nitrogens with one attached hydrogen (secondary N) is 1. The molecule has 0 aliphatic rings. The van der Waals surface area contributed by atoms with Crippen LogP contribution in [0.2, 0.25) is 0 Å². The van der Waals surface area contributed by atoms with Gasteiger partial charge in [-0.1, -0.05) is 6.07 Å². The minimum Gasteiger partial charge on any atom is -0.378 e. The summed E-state index contributed by atoms with van der Waals surface area (Å²) in [6.07, 6.45) is -0.948. The lowest BCUT2D eigenvalue weighted by Crippen LogP contribution is -2.09. The second kappa shape index (κ2) is 5.83. The van der Waals surface area contributed by atoms with E-state index in [4.69, 9.17) is 0 Å². The molecule has 1 N–H and O–H groups in total. The Hall–Kier alpha value is -1.56. The first-order chi connectivity index (χ1) is 9.38. The fourth-order valence-corrected chi connectivity index (χ4v) is 2.25. The van der Waals surface area contributed by atoms with Gasteiger partial charge in [-0.05, 0) is 52.7 Å². The average Bonchev–Trinajstić information content (AvgIpc) is 2.41. The second-order valence-electron chi connectivity index (χ2n) is 4.34. The lowest BCUT2D eigenvalue weighted by molar-refractivity contribution is -0.137. The zero-order chi connectivity index (χ0) is 14.8. The highest BCUT2D eigenvalue weighted by molar-refractivity contribution is 9.10. The molecule has 0 fully saturated rings. The van der Waals surface area contributed by atoms with Gasteiger partial charge >= 0.3 is 6.18 Å². The number of hydrogen-bond donors (Lipinski definition) is 1. The minimum absolute atomic E-state index is 0.0586. The fraction of sp³-hybridized carbons (Fsp3) is 0.214. The number of nitrogens with zero attached hydrogens (tertiary/aromatic N) is 1. The molecule has 1 aromatic heterocycles. The lowest BCUT2D eigenvalue weighted by atomic mass is 10.1. The van der Waals surface area contributed by atoms with E-state index in [2.05, 4.69) is 26.2 Å². The Bertz CT molecular complexity index is 585. The van der Waals surface area contributed by atoms with Crippen LogP contribution in [0.1, 0.15) is 24.1 Å². The van der Waals surface area contributed by atoms with Gasteiger partial charge in [-0.25, -0.2) is 0 Å². The van der Waals surface area contributed by atoms with Crippen LogP contribution in [0.4, 0.5) is 18.9 Å². The molecule has 0 radical (unpaired) electrons. The predicted octanol–water partition coefficient (Wildman–Crippen LogP) is 5.04. The van der Waals surface area contributed by atoms with Crippen LogP contribution in [0.15, 0.2) is 47.2 Å². The topological polar surface area (TPSA) is 24.9 Å². The molecule has 0 aliphatic heterocycles. The van der Waals surface area contributed by atoms with Gasteiger partial charge in [0.2, 0.25) is 0 Å². The van der Waals surface area contributed by atoms with Gasteiger partial charge in [0, 0.05) is 22.6 Å². The van der Waals surface area contributed by atoms with Gasteiger partial charge in [-0.2, -0.15) is 13.2 Å².